The number of imidazole rings is 1. The van der Waals surface area contributed by atoms with Crippen molar-refractivity contribution in [3.63, 3.8) is 0 Å². The zero-order valence-corrected chi connectivity index (χ0v) is 13.7. The first kappa shape index (κ1) is 14.1. The van der Waals surface area contributed by atoms with Crippen LogP contribution in [-0.4, -0.2) is 9.97 Å². The number of halogens is 1. The van der Waals surface area contributed by atoms with Crippen molar-refractivity contribution in [2.45, 2.75) is 57.8 Å². The van der Waals surface area contributed by atoms with Crippen molar-refractivity contribution in [2.24, 2.45) is 5.92 Å². The van der Waals surface area contributed by atoms with Crippen molar-refractivity contribution in [1.82, 2.24) is 9.97 Å². The highest BCUT2D eigenvalue weighted by Gasteiger charge is 2.24. The number of aromatic amines is 1. The number of nitrogens with zero attached hydrogens (tertiary/aromatic N) is 1. The van der Waals surface area contributed by atoms with Gasteiger partial charge < -0.3 is 4.98 Å². The molecule has 20 heavy (non-hydrogen) atoms. The third-order valence-electron chi connectivity index (χ3n) is 4.66. The Hall–Kier alpha value is -0.830. The zero-order chi connectivity index (χ0) is 13.9. The quantitative estimate of drug-likeness (QED) is 0.753. The molecule has 0 spiro atoms. The van der Waals surface area contributed by atoms with Gasteiger partial charge in [0.1, 0.15) is 5.82 Å². The fourth-order valence-corrected chi connectivity index (χ4v) is 3.77. The van der Waals surface area contributed by atoms with Crippen LogP contribution in [-0.2, 0) is 0 Å². The maximum atomic E-state index is 4.79. The summed E-state index contributed by atoms with van der Waals surface area (Å²) in [5.41, 5.74) is 2.25. The number of hydrogen-bond acceptors (Lipinski definition) is 1. The number of fused-ring (bicyclic) bond motifs is 1. The van der Waals surface area contributed by atoms with Crippen LogP contribution in [0.25, 0.3) is 11.0 Å². The molecule has 1 aliphatic carbocycles. The lowest BCUT2D eigenvalue weighted by atomic mass is 9.79. The van der Waals surface area contributed by atoms with E-state index < -0.39 is 0 Å². The molecule has 1 aromatic heterocycles. The molecule has 1 aromatic carbocycles. The molecule has 1 aliphatic rings. The summed E-state index contributed by atoms with van der Waals surface area (Å²) in [6.07, 6.45) is 9.52. The van der Waals surface area contributed by atoms with E-state index in [1.54, 1.807) is 0 Å². The standard InChI is InChI=1S/C17H23BrN2/c1-2-3-4-12-5-7-13(8-6-12)17-19-15-10-9-14(18)11-16(15)20-17/h9-13H,2-8H2,1H3,(H,19,20). The van der Waals surface area contributed by atoms with Gasteiger partial charge in [0, 0.05) is 10.4 Å². The maximum Gasteiger partial charge on any atom is 0.110 e. The minimum atomic E-state index is 0.638. The van der Waals surface area contributed by atoms with Crippen LogP contribution in [0.5, 0.6) is 0 Å². The molecule has 1 saturated carbocycles. The van der Waals surface area contributed by atoms with Crippen LogP contribution < -0.4 is 0 Å². The molecular formula is C17H23BrN2. The SMILES string of the molecule is CCCCC1CCC(c2nc3ccc(Br)cc3[nH]2)CC1. The van der Waals surface area contributed by atoms with Crippen LogP contribution in [0.4, 0.5) is 0 Å². The summed E-state index contributed by atoms with van der Waals surface area (Å²) < 4.78 is 1.11. The fraction of sp³-hybridized carbons (Fsp3) is 0.588. The van der Waals surface area contributed by atoms with Crippen LogP contribution in [0.3, 0.4) is 0 Å². The molecule has 2 nitrogen and oxygen atoms in total. The molecule has 1 N–H and O–H groups in total. The van der Waals surface area contributed by atoms with Gasteiger partial charge in [0.15, 0.2) is 0 Å². The van der Waals surface area contributed by atoms with Gasteiger partial charge in [-0.05, 0) is 49.8 Å². The maximum absolute atomic E-state index is 4.79. The van der Waals surface area contributed by atoms with Gasteiger partial charge in [-0.15, -0.1) is 0 Å². The number of unbranched alkanes of at least 4 members (excludes halogenated alkanes) is 1. The number of rotatable bonds is 4. The summed E-state index contributed by atoms with van der Waals surface area (Å²) in [5.74, 6) is 2.80. The number of nitrogens with one attached hydrogen (secondary N) is 1. The van der Waals surface area contributed by atoms with E-state index in [0.717, 1.165) is 21.4 Å². The number of hydrogen-bond donors (Lipinski definition) is 1. The van der Waals surface area contributed by atoms with Gasteiger partial charge in [-0.25, -0.2) is 4.98 Å². The van der Waals surface area contributed by atoms with E-state index in [2.05, 4.69) is 46.0 Å². The molecule has 0 saturated heterocycles. The Morgan fingerprint density at radius 2 is 2.05 bits per heavy atom. The Bertz CT molecular complexity index is 567. The Balaban J connectivity index is 1.67. The molecule has 1 heterocycles. The third kappa shape index (κ3) is 3.08. The van der Waals surface area contributed by atoms with Crippen molar-refractivity contribution in [2.75, 3.05) is 0 Å². The van der Waals surface area contributed by atoms with Crippen molar-refractivity contribution in [3.8, 4) is 0 Å². The van der Waals surface area contributed by atoms with Crippen molar-refractivity contribution in [1.29, 1.82) is 0 Å². The largest absolute Gasteiger partial charge is 0.342 e. The smallest absolute Gasteiger partial charge is 0.110 e. The number of benzene rings is 1. The summed E-state index contributed by atoms with van der Waals surface area (Å²) >= 11 is 3.52. The predicted molar refractivity (Wildman–Crippen MR) is 88.0 cm³/mol. The van der Waals surface area contributed by atoms with Gasteiger partial charge in [0.05, 0.1) is 11.0 Å². The van der Waals surface area contributed by atoms with E-state index in [1.807, 2.05) is 0 Å². The van der Waals surface area contributed by atoms with Crippen LogP contribution in [0.2, 0.25) is 0 Å². The van der Waals surface area contributed by atoms with E-state index >= 15 is 0 Å². The van der Waals surface area contributed by atoms with Gasteiger partial charge in [-0.2, -0.15) is 0 Å². The lowest BCUT2D eigenvalue weighted by Gasteiger charge is -2.27. The van der Waals surface area contributed by atoms with Gasteiger partial charge in [-0.3, -0.25) is 0 Å². The lowest BCUT2D eigenvalue weighted by Crippen LogP contribution is -2.14. The Kier molecular flexibility index (Phi) is 4.45. The molecule has 0 radical (unpaired) electrons. The van der Waals surface area contributed by atoms with E-state index in [4.69, 9.17) is 4.98 Å². The summed E-state index contributed by atoms with van der Waals surface area (Å²) in [7, 11) is 0. The van der Waals surface area contributed by atoms with E-state index in [9.17, 15) is 0 Å². The summed E-state index contributed by atoms with van der Waals surface area (Å²) in [5, 5.41) is 0. The first-order valence-electron chi connectivity index (χ1n) is 7.91. The normalized spacial score (nSPS) is 23.3. The van der Waals surface area contributed by atoms with Crippen LogP contribution in [0, 0.1) is 5.92 Å². The second-order valence-electron chi connectivity index (χ2n) is 6.14. The van der Waals surface area contributed by atoms with Crippen LogP contribution in [0.15, 0.2) is 22.7 Å². The van der Waals surface area contributed by atoms with Crippen LogP contribution in [0.1, 0.15) is 63.6 Å². The van der Waals surface area contributed by atoms with Gasteiger partial charge in [0.2, 0.25) is 0 Å². The zero-order valence-electron chi connectivity index (χ0n) is 12.2. The summed E-state index contributed by atoms with van der Waals surface area (Å²) in [6.45, 7) is 2.29. The van der Waals surface area contributed by atoms with Gasteiger partial charge in [0.25, 0.3) is 0 Å². The molecule has 3 heteroatoms. The first-order chi connectivity index (χ1) is 9.76. The lowest BCUT2D eigenvalue weighted by molar-refractivity contribution is 0.299. The predicted octanol–water partition coefficient (Wildman–Crippen LogP) is 5.79. The number of aromatic nitrogens is 2. The van der Waals surface area contributed by atoms with Crippen LogP contribution >= 0.6 is 15.9 Å². The van der Waals surface area contributed by atoms with E-state index in [-0.39, 0.29) is 0 Å². The molecule has 3 rings (SSSR count). The monoisotopic (exact) mass is 334 g/mol. The Labute approximate surface area is 129 Å². The third-order valence-corrected chi connectivity index (χ3v) is 5.15. The molecule has 0 amide bonds. The minimum Gasteiger partial charge on any atom is -0.342 e. The highest BCUT2D eigenvalue weighted by molar-refractivity contribution is 9.10. The molecule has 0 unspecified atom stereocenters. The average Bonchev–Trinajstić information content (AvgIpc) is 2.88. The van der Waals surface area contributed by atoms with Crippen molar-refractivity contribution in [3.05, 3.63) is 28.5 Å². The second-order valence-corrected chi connectivity index (χ2v) is 7.06. The Morgan fingerprint density at radius 3 is 2.80 bits per heavy atom. The molecule has 108 valence electrons. The molecule has 2 aromatic rings. The number of H-pyrrole nitrogens is 1. The minimum absolute atomic E-state index is 0.638. The average molecular weight is 335 g/mol. The first-order valence-corrected chi connectivity index (χ1v) is 8.70. The highest BCUT2D eigenvalue weighted by Crippen LogP contribution is 2.37. The molecule has 0 aliphatic heterocycles. The Morgan fingerprint density at radius 1 is 1.25 bits per heavy atom. The second kappa shape index (κ2) is 6.30. The van der Waals surface area contributed by atoms with Gasteiger partial charge in [-0.1, -0.05) is 42.1 Å². The molecule has 1 fully saturated rings. The van der Waals surface area contributed by atoms with Crippen molar-refractivity contribution < 1.29 is 0 Å². The van der Waals surface area contributed by atoms with Crippen molar-refractivity contribution >= 4 is 27.0 Å². The molecule has 0 atom stereocenters. The topological polar surface area (TPSA) is 28.7 Å². The summed E-state index contributed by atoms with van der Waals surface area (Å²) in [6, 6.07) is 6.28. The summed E-state index contributed by atoms with van der Waals surface area (Å²) in [4.78, 5) is 8.31. The fourth-order valence-electron chi connectivity index (χ4n) is 3.41. The van der Waals surface area contributed by atoms with Gasteiger partial charge >= 0.3 is 0 Å². The van der Waals surface area contributed by atoms with E-state index in [1.165, 1.54) is 50.8 Å². The molecule has 0 bridgehead atoms. The van der Waals surface area contributed by atoms with E-state index in [0.29, 0.717) is 5.92 Å². The highest BCUT2D eigenvalue weighted by atomic mass is 79.9. The molecular weight excluding hydrogens is 312 g/mol.